The molecule has 1 aliphatic heterocycles. The van der Waals surface area contributed by atoms with Crippen LogP contribution in [-0.4, -0.2) is 28.3 Å². The molecule has 0 radical (unpaired) electrons. The summed E-state index contributed by atoms with van der Waals surface area (Å²) in [6, 6.07) is -0.212. The second-order valence-corrected chi connectivity index (χ2v) is 3.74. The fraction of sp³-hybridized carbons (Fsp3) is 0.556. The minimum absolute atomic E-state index is 0.0197. The first kappa shape index (κ1) is 9.82. The highest BCUT2D eigenvalue weighted by Crippen LogP contribution is 2.17. The molecule has 1 saturated heterocycles. The normalized spacial score (nSPS) is 21.1. The molecule has 6 heteroatoms. The Kier molecular flexibility index (Phi) is 2.49. The van der Waals surface area contributed by atoms with Crippen LogP contribution in [0.25, 0.3) is 0 Å². The maximum absolute atomic E-state index is 11.5. The van der Waals surface area contributed by atoms with E-state index in [9.17, 15) is 4.79 Å². The second kappa shape index (κ2) is 3.80. The summed E-state index contributed by atoms with van der Waals surface area (Å²) in [5, 5.41) is 9.99. The number of carbonyl (C=O) groups is 1. The van der Waals surface area contributed by atoms with Crippen LogP contribution in [0.15, 0.2) is 6.20 Å². The van der Waals surface area contributed by atoms with Crippen molar-refractivity contribution < 1.29 is 4.79 Å². The first-order valence-corrected chi connectivity index (χ1v) is 5.00. The van der Waals surface area contributed by atoms with Gasteiger partial charge >= 0.3 is 0 Å². The van der Waals surface area contributed by atoms with Gasteiger partial charge in [0.1, 0.15) is 6.04 Å². The molecule has 1 aliphatic rings. The van der Waals surface area contributed by atoms with E-state index in [1.54, 1.807) is 17.9 Å². The number of piperidine rings is 1. The molecule has 2 rings (SSSR count). The molecule has 0 bridgehead atoms. The topological polar surface area (TPSA) is 85.0 Å². The van der Waals surface area contributed by atoms with E-state index in [1.807, 2.05) is 0 Å². The number of amides is 1. The van der Waals surface area contributed by atoms with E-state index in [0.717, 1.165) is 19.4 Å². The van der Waals surface area contributed by atoms with Crippen LogP contribution in [0.3, 0.4) is 0 Å². The minimum atomic E-state index is -0.212. The SMILES string of the molecule is Cn1cc(N)c(NC2CCCNC2=O)n1. The van der Waals surface area contributed by atoms with Gasteiger partial charge in [-0.2, -0.15) is 5.10 Å². The first-order valence-electron chi connectivity index (χ1n) is 5.00. The highest BCUT2D eigenvalue weighted by atomic mass is 16.2. The van der Waals surface area contributed by atoms with Gasteiger partial charge in [0, 0.05) is 19.8 Å². The smallest absolute Gasteiger partial charge is 0.242 e. The van der Waals surface area contributed by atoms with Gasteiger partial charge in [0.2, 0.25) is 5.91 Å². The van der Waals surface area contributed by atoms with E-state index in [4.69, 9.17) is 5.73 Å². The van der Waals surface area contributed by atoms with Crippen LogP contribution in [0.2, 0.25) is 0 Å². The summed E-state index contributed by atoms with van der Waals surface area (Å²) < 4.78 is 1.62. The van der Waals surface area contributed by atoms with Crippen LogP contribution >= 0.6 is 0 Å². The van der Waals surface area contributed by atoms with Gasteiger partial charge in [-0.25, -0.2) is 0 Å². The fourth-order valence-corrected chi connectivity index (χ4v) is 1.69. The van der Waals surface area contributed by atoms with E-state index >= 15 is 0 Å². The van der Waals surface area contributed by atoms with E-state index in [2.05, 4.69) is 15.7 Å². The molecule has 6 nitrogen and oxygen atoms in total. The summed E-state index contributed by atoms with van der Waals surface area (Å²) in [5.74, 6) is 0.603. The van der Waals surface area contributed by atoms with Crippen molar-refractivity contribution in [3.63, 3.8) is 0 Å². The summed E-state index contributed by atoms with van der Waals surface area (Å²) in [5.41, 5.74) is 6.29. The second-order valence-electron chi connectivity index (χ2n) is 3.74. The Bertz CT molecular complexity index is 373. The molecule has 1 atom stereocenters. The third kappa shape index (κ3) is 2.03. The number of nitrogens with one attached hydrogen (secondary N) is 2. The van der Waals surface area contributed by atoms with Crippen LogP contribution in [0.4, 0.5) is 11.5 Å². The third-order valence-corrected chi connectivity index (χ3v) is 2.45. The van der Waals surface area contributed by atoms with Crippen molar-refractivity contribution in [2.75, 3.05) is 17.6 Å². The number of hydrogen-bond donors (Lipinski definition) is 3. The summed E-state index contributed by atoms with van der Waals surface area (Å²) in [6.07, 6.45) is 3.51. The molecule has 1 aromatic rings. The van der Waals surface area contributed by atoms with Crippen molar-refractivity contribution in [2.45, 2.75) is 18.9 Å². The van der Waals surface area contributed by atoms with Gasteiger partial charge in [-0.3, -0.25) is 9.48 Å². The summed E-state index contributed by atoms with van der Waals surface area (Å²) in [6.45, 7) is 0.759. The Morgan fingerprint density at radius 1 is 1.73 bits per heavy atom. The number of nitrogens with zero attached hydrogens (tertiary/aromatic N) is 2. The predicted molar refractivity (Wildman–Crippen MR) is 57.3 cm³/mol. The van der Waals surface area contributed by atoms with Crippen LogP contribution in [0.1, 0.15) is 12.8 Å². The Labute approximate surface area is 87.8 Å². The monoisotopic (exact) mass is 209 g/mol. The molecule has 0 aliphatic carbocycles. The van der Waals surface area contributed by atoms with Gasteiger partial charge < -0.3 is 16.4 Å². The molecule has 1 unspecified atom stereocenters. The molecule has 82 valence electrons. The summed E-state index contributed by atoms with van der Waals surface area (Å²) >= 11 is 0. The number of rotatable bonds is 2. The first-order chi connectivity index (χ1) is 7.16. The number of anilines is 2. The Morgan fingerprint density at radius 2 is 2.53 bits per heavy atom. The average molecular weight is 209 g/mol. The number of nitrogens with two attached hydrogens (primary N) is 1. The molecule has 0 spiro atoms. The molecule has 1 amide bonds. The highest BCUT2D eigenvalue weighted by Gasteiger charge is 2.22. The predicted octanol–water partition coefficient (Wildman–Crippen LogP) is -0.307. The number of nitrogen functional groups attached to an aromatic ring is 1. The number of carbonyl (C=O) groups excluding carboxylic acids is 1. The Morgan fingerprint density at radius 3 is 3.13 bits per heavy atom. The zero-order valence-electron chi connectivity index (χ0n) is 8.66. The fourth-order valence-electron chi connectivity index (χ4n) is 1.69. The number of aryl methyl sites for hydroxylation is 1. The zero-order valence-corrected chi connectivity index (χ0v) is 8.66. The molecule has 2 heterocycles. The van der Waals surface area contributed by atoms with E-state index in [1.165, 1.54) is 0 Å². The largest absolute Gasteiger partial charge is 0.394 e. The maximum Gasteiger partial charge on any atom is 0.242 e. The molecular weight excluding hydrogens is 194 g/mol. The van der Waals surface area contributed by atoms with Gasteiger partial charge in [-0.05, 0) is 12.8 Å². The average Bonchev–Trinajstić information content (AvgIpc) is 2.49. The highest BCUT2D eigenvalue weighted by molar-refractivity contribution is 5.85. The van der Waals surface area contributed by atoms with E-state index in [-0.39, 0.29) is 11.9 Å². The molecule has 0 aromatic carbocycles. The van der Waals surface area contributed by atoms with Crippen LogP contribution in [0.5, 0.6) is 0 Å². The van der Waals surface area contributed by atoms with Crippen molar-refractivity contribution in [3.05, 3.63) is 6.20 Å². The molecule has 0 saturated carbocycles. The van der Waals surface area contributed by atoms with Crippen LogP contribution < -0.4 is 16.4 Å². The van der Waals surface area contributed by atoms with Crippen molar-refractivity contribution in [1.82, 2.24) is 15.1 Å². The van der Waals surface area contributed by atoms with Crippen molar-refractivity contribution >= 4 is 17.4 Å². The van der Waals surface area contributed by atoms with Gasteiger partial charge in [0.15, 0.2) is 5.82 Å². The van der Waals surface area contributed by atoms with Gasteiger partial charge in [-0.1, -0.05) is 0 Å². The Balaban J connectivity index is 2.07. The van der Waals surface area contributed by atoms with Gasteiger partial charge in [0.25, 0.3) is 0 Å². The van der Waals surface area contributed by atoms with Crippen molar-refractivity contribution in [3.8, 4) is 0 Å². The van der Waals surface area contributed by atoms with Gasteiger partial charge in [-0.15, -0.1) is 0 Å². The lowest BCUT2D eigenvalue weighted by Gasteiger charge is -2.22. The lowest BCUT2D eigenvalue weighted by atomic mass is 10.1. The molecule has 4 N–H and O–H groups in total. The number of aromatic nitrogens is 2. The quantitative estimate of drug-likeness (QED) is 0.624. The molecular formula is C9H15N5O. The van der Waals surface area contributed by atoms with E-state index in [0.29, 0.717) is 11.5 Å². The van der Waals surface area contributed by atoms with Gasteiger partial charge in [0.05, 0.1) is 5.69 Å². The minimum Gasteiger partial charge on any atom is -0.394 e. The molecule has 1 fully saturated rings. The maximum atomic E-state index is 11.5. The third-order valence-electron chi connectivity index (χ3n) is 2.45. The van der Waals surface area contributed by atoms with Crippen molar-refractivity contribution in [1.29, 1.82) is 0 Å². The van der Waals surface area contributed by atoms with Crippen LogP contribution in [-0.2, 0) is 11.8 Å². The molecule has 15 heavy (non-hydrogen) atoms. The summed E-state index contributed by atoms with van der Waals surface area (Å²) in [4.78, 5) is 11.5. The molecule has 1 aromatic heterocycles. The zero-order chi connectivity index (χ0) is 10.8. The van der Waals surface area contributed by atoms with Crippen LogP contribution in [0, 0.1) is 0 Å². The summed E-state index contributed by atoms with van der Waals surface area (Å²) in [7, 11) is 1.79. The Hall–Kier alpha value is -1.72. The lowest BCUT2D eigenvalue weighted by molar-refractivity contribution is -0.123. The van der Waals surface area contributed by atoms with Crippen molar-refractivity contribution in [2.24, 2.45) is 7.05 Å². The standard InChI is InChI=1S/C9H15N5O/c1-14-5-6(10)8(13-14)12-7-3-2-4-11-9(7)15/h5,7H,2-4,10H2,1H3,(H,11,15)(H,12,13). The lowest BCUT2D eigenvalue weighted by Crippen LogP contribution is -2.44. The van der Waals surface area contributed by atoms with E-state index < -0.39 is 0 Å². The number of hydrogen-bond acceptors (Lipinski definition) is 4.